The molecule has 1 amide bonds. The highest BCUT2D eigenvalue weighted by Crippen LogP contribution is 2.34. The number of esters is 1. The Hall–Kier alpha value is -3.71. The number of thiophene rings is 1. The van der Waals surface area contributed by atoms with Gasteiger partial charge in [-0.15, -0.1) is 11.3 Å². The zero-order chi connectivity index (χ0) is 23.8. The van der Waals surface area contributed by atoms with Gasteiger partial charge in [0.1, 0.15) is 17.4 Å². The third-order valence-corrected chi connectivity index (χ3v) is 6.05. The molecule has 0 atom stereocenters. The lowest BCUT2D eigenvalue weighted by Gasteiger charge is -2.06. The number of hydrogen-bond acceptors (Lipinski definition) is 6. The van der Waals surface area contributed by atoms with Crippen molar-refractivity contribution in [3.05, 3.63) is 87.8 Å². The van der Waals surface area contributed by atoms with Crippen molar-refractivity contribution < 1.29 is 23.9 Å². The predicted molar refractivity (Wildman–Crippen MR) is 130 cm³/mol. The van der Waals surface area contributed by atoms with E-state index >= 15 is 0 Å². The molecule has 0 saturated carbocycles. The van der Waals surface area contributed by atoms with Crippen LogP contribution < -0.4 is 10.1 Å². The third kappa shape index (κ3) is 6.40. The maximum atomic E-state index is 12.5. The molecule has 0 spiro atoms. The molecule has 3 rings (SSSR count). The molecule has 2 aromatic carbocycles. The van der Waals surface area contributed by atoms with E-state index in [-0.39, 0.29) is 18.0 Å². The maximum absolute atomic E-state index is 12.5. The molecule has 0 aliphatic rings. The van der Waals surface area contributed by atoms with E-state index in [2.05, 4.69) is 5.32 Å². The normalized spacial score (nSPS) is 10.8. The van der Waals surface area contributed by atoms with Crippen LogP contribution in [-0.2, 0) is 16.1 Å². The lowest BCUT2D eigenvalue weighted by atomic mass is 10.1. The van der Waals surface area contributed by atoms with Gasteiger partial charge >= 0.3 is 5.97 Å². The van der Waals surface area contributed by atoms with E-state index in [0.717, 1.165) is 28.2 Å². The van der Waals surface area contributed by atoms with E-state index in [9.17, 15) is 14.4 Å². The van der Waals surface area contributed by atoms with E-state index in [4.69, 9.17) is 9.47 Å². The summed E-state index contributed by atoms with van der Waals surface area (Å²) < 4.78 is 10.9. The van der Waals surface area contributed by atoms with Crippen LogP contribution in [0.2, 0.25) is 0 Å². The van der Waals surface area contributed by atoms with Gasteiger partial charge in [-0.2, -0.15) is 0 Å². The van der Waals surface area contributed by atoms with Gasteiger partial charge in [0.2, 0.25) is 5.91 Å². The monoisotopic (exact) mass is 463 g/mol. The summed E-state index contributed by atoms with van der Waals surface area (Å²) in [6.07, 6.45) is 3.03. The largest absolute Gasteiger partial charge is 0.489 e. The Labute approximate surface area is 196 Å². The number of carbonyl (C=O) groups excluding carboxylic acids is 3. The van der Waals surface area contributed by atoms with Gasteiger partial charge in [0.05, 0.1) is 17.0 Å². The molecule has 0 radical (unpaired) electrons. The number of ketones is 1. The number of benzene rings is 2. The quantitative estimate of drug-likeness (QED) is 0.251. The first-order chi connectivity index (χ1) is 15.9. The molecule has 0 fully saturated rings. The summed E-state index contributed by atoms with van der Waals surface area (Å²) in [5.41, 5.74) is 2.62. The first-order valence-electron chi connectivity index (χ1n) is 10.5. The molecule has 0 bridgehead atoms. The Kier molecular flexibility index (Phi) is 8.16. The van der Waals surface area contributed by atoms with Crippen molar-refractivity contribution in [3.63, 3.8) is 0 Å². The molecule has 170 valence electrons. The lowest BCUT2D eigenvalue weighted by molar-refractivity contribution is -0.111. The standard InChI is InChI=1S/C26H25NO5S/c1-4-31-26(30)23-17(2)24(18(3)28)33-25(23)27-22(29)15-12-19-10-13-21(14-11-19)32-16-20-8-6-5-7-9-20/h5-15H,4,16H2,1-3H3,(H,27,29)/b15-12+. The molecule has 7 heteroatoms. The van der Waals surface area contributed by atoms with Crippen LogP contribution >= 0.6 is 11.3 Å². The van der Waals surface area contributed by atoms with Gasteiger partial charge in [0.15, 0.2) is 5.78 Å². The molecule has 6 nitrogen and oxygen atoms in total. The Morgan fingerprint density at radius 1 is 1.03 bits per heavy atom. The lowest BCUT2D eigenvalue weighted by Crippen LogP contribution is -2.12. The second kappa shape index (κ2) is 11.2. The smallest absolute Gasteiger partial charge is 0.341 e. The molecule has 0 aliphatic carbocycles. The summed E-state index contributed by atoms with van der Waals surface area (Å²) in [6, 6.07) is 17.2. The topological polar surface area (TPSA) is 81.7 Å². The number of Topliss-reactive ketones (excluding diaryl/α,β-unsaturated/α-hetero) is 1. The van der Waals surface area contributed by atoms with Crippen LogP contribution in [0.3, 0.4) is 0 Å². The van der Waals surface area contributed by atoms with E-state index in [1.165, 1.54) is 13.0 Å². The van der Waals surface area contributed by atoms with Crippen LogP contribution in [0.4, 0.5) is 5.00 Å². The number of anilines is 1. The highest BCUT2D eigenvalue weighted by molar-refractivity contribution is 7.18. The van der Waals surface area contributed by atoms with Gasteiger partial charge in [-0.05, 0) is 55.7 Å². The summed E-state index contributed by atoms with van der Waals surface area (Å²) >= 11 is 1.07. The zero-order valence-corrected chi connectivity index (χ0v) is 19.5. The minimum absolute atomic E-state index is 0.173. The molecule has 0 saturated heterocycles. The van der Waals surface area contributed by atoms with Crippen LogP contribution in [-0.4, -0.2) is 24.3 Å². The zero-order valence-electron chi connectivity index (χ0n) is 18.7. The predicted octanol–water partition coefficient (Wildman–Crippen LogP) is 5.67. The van der Waals surface area contributed by atoms with E-state index in [0.29, 0.717) is 22.0 Å². The first-order valence-corrected chi connectivity index (χ1v) is 11.3. The molecule has 1 heterocycles. The van der Waals surface area contributed by atoms with Crippen LogP contribution in [0.5, 0.6) is 5.75 Å². The summed E-state index contributed by atoms with van der Waals surface area (Å²) in [6.45, 7) is 5.47. The van der Waals surface area contributed by atoms with Gasteiger partial charge < -0.3 is 14.8 Å². The molecule has 0 aliphatic heterocycles. The van der Waals surface area contributed by atoms with Gasteiger partial charge in [-0.3, -0.25) is 9.59 Å². The van der Waals surface area contributed by atoms with Crippen molar-refractivity contribution in [2.24, 2.45) is 0 Å². The van der Waals surface area contributed by atoms with Crippen molar-refractivity contribution >= 4 is 40.1 Å². The fourth-order valence-corrected chi connectivity index (χ4v) is 4.22. The highest BCUT2D eigenvalue weighted by Gasteiger charge is 2.24. The fraction of sp³-hybridized carbons (Fsp3) is 0.192. The van der Waals surface area contributed by atoms with Crippen LogP contribution in [0.1, 0.15) is 50.6 Å². The Bertz CT molecular complexity index is 1160. The molecule has 33 heavy (non-hydrogen) atoms. The van der Waals surface area contributed by atoms with Crippen molar-refractivity contribution in [2.45, 2.75) is 27.4 Å². The van der Waals surface area contributed by atoms with Gasteiger partial charge in [0.25, 0.3) is 0 Å². The van der Waals surface area contributed by atoms with E-state index in [1.807, 2.05) is 54.6 Å². The minimum atomic E-state index is -0.566. The highest BCUT2D eigenvalue weighted by atomic mass is 32.1. The van der Waals surface area contributed by atoms with Crippen molar-refractivity contribution in [1.29, 1.82) is 0 Å². The SMILES string of the molecule is CCOC(=O)c1c(NC(=O)/C=C/c2ccc(OCc3ccccc3)cc2)sc(C(C)=O)c1C. The molecule has 3 aromatic rings. The number of amides is 1. The van der Waals surface area contributed by atoms with Crippen LogP contribution in [0, 0.1) is 6.92 Å². The molecular weight excluding hydrogens is 438 g/mol. The maximum Gasteiger partial charge on any atom is 0.341 e. The molecule has 0 unspecified atom stereocenters. The average Bonchev–Trinajstić information content (AvgIpc) is 3.13. The number of nitrogens with one attached hydrogen (secondary N) is 1. The average molecular weight is 464 g/mol. The first kappa shape index (κ1) is 23.9. The summed E-state index contributed by atoms with van der Waals surface area (Å²) in [4.78, 5) is 37.1. The molecule has 1 aromatic heterocycles. The Morgan fingerprint density at radius 3 is 2.36 bits per heavy atom. The Morgan fingerprint density at radius 2 is 1.73 bits per heavy atom. The number of rotatable bonds is 9. The molecular formula is C26H25NO5S. The van der Waals surface area contributed by atoms with Crippen molar-refractivity contribution in [1.82, 2.24) is 0 Å². The van der Waals surface area contributed by atoms with Crippen LogP contribution in [0.25, 0.3) is 6.08 Å². The second-order valence-electron chi connectivity index (χ2n) is 7.20. The van der Waals surface area contributed by atoms with E-state index < -0.39 is 11.9 Å². The molecule has 1 N–H and O–H groups in total. The number of ether oxygens (including phenoxy) is 2. The summed E-state index contributed by atoms with van der Waals surface area (Å²) in [5.74, 6) is -0.426. The second-order valence-corrected chi connectivity index (χ2v) is 8.22. The van der Waals surface area contributed by atoms with Gasteiger partial charge in [-0.25, -0.2) is 4.79 Å². The van der Waals surface area contributed by atoms with Gasteiger partial charge in [-0.1, -0.05) is 42.5 Å². The Balaban J connectivity index is 1.65. The number of carbonyl (C=O) groups is 3. The van der Waals surface area contributed by atoms with E-state index in [1.54, 1.807) is 19.9 Å². The van der Waals surface area contributed by atoms with Crippen LogP contribution in [0.15, 0.2) is 60.7 Å². The third-order valence-electron chi connectivity index (χ3n) is 4.74. The summed E-state index contributed by atoms with van der Waals surface area (Å²) in [7, 11) is 0. The minimum Gasteiger partial charge on any atom is -0.489 e. The number of hydrogen-bond donors (Lipinski definition) is 1. The van der Waals surface area contributed by atoms with Crippen molar-refractivity contribution in [3.8, 4) is 5.75 Å². The van der Waals surface area contributed by atoms with Gasteiger partial charge in [0, 0.05) is 6.08 Å². The fourth-order valence-electron chi connectivity index (χ4n) is 3.13. The van der Waals surface area contributed by atoms with Crippen molar-refractivity contribution in [2.75, 3.05) is 11.9 Å². The summed E-state index contributed by atoms with van der Waals surface area (Å²) in [5, 5.41) is 3.00.